The molecule has 1 saturated heterocycles. The predicted molar refractivity (Wildman–Crippen MR) is 262 cm³/mol. The van der Waals surface area contributed by atoms with E-state index in [2.05, 4.69) is 92.1 Å². The fourth-order valence-corrected chi connectivity index (χ4v) is 7.45. The van der Waals surface area contributed by atoms with Crippen molar-refractivity contribution in [3.63, 3.8) is 0 Å². The standard InChI is InChI=1S/C54H93NO8/c1-3-5-7-9-11-13-15-17-18-19-20-21-22-23-24-25-26-27-28-29-30-32-34-36-38-40-42-44-50(58)55-47(46-62-54-53(61)52(60)51(59)49(45-56)63-54)48(57)43-41-39-37-35-33-31-16-14-12-10-8-6-4-2/h5,7,11,13,17-18,20-21,23-24,26-27,41,43,47-49,51-54,56-57,59-61H,3-4,6,8-10,12,14-16,19,22,25,28-40,42,44-46H2,1-2H3,(H,55,58)/b7-5-,13-11-,18-17-,21-20-,24-23-,27-26-,43-41+. The largest absolute Gasteiger partial charge is 0.394 e. The lowest BCUT2D eigenvalue weighted by molar-refractivity contribution is -0.302. The van der Waals surface area contributed by atoms with Gasteiger partial charge in [-0.2, -0.15) is 0 Å². The molecule has 362 valence electrons. The summed E-state index contributed by atoms with van der Waals surface area (Å²) in [5.41, 5.74) is 0. The molecular formula is C54H93NO8. The Balaban J connectivity index is 2.27. The highest BCUT2D eigenvalue weighted by Crippen LogP contribution is 2.22. The molecule has 0 bridgehead atoms. The number of amides is 1. The summed E-state index contributed by atoms with van der Waals surface area (Å²) in [7, 11) is 0. The zero-order valence-corrected chi connectivity index (χ0v) is 39.8. The third-order valence-electron chi connectivity index (χ3n) is 11.5. The Morgan fingerprint density at radius 3 is 1.46 bits per heavy atom. The summed E-state index contributed by atoms with van der Waals surface area (Å²) in [6.45, 7) is 3.64. The molecule has 0 radical (unpaired) electrons. The Morgan fingerprint density at radius 1 is 0.556 bits per heavy atom. The molecule has 1 fully saturated rings. The number of carbonyl (C=O) groups excluding carboxylic acids is 1. The first-order valence-corrected chi connectivity index (χ1v) is 25.3. The zero-order chi connectivity index (χ0) is 45.9. The van der Waals surface area contributed by atoms with Gasteiger partial charge in [-0.25, -0.2) is 0 Å². The molecule has 7 unspecified atom stereocenters. The third kappa shape index (κ3) is 33.5. The van der Waals surface area contributed by atoms with Gasteiger partial charge in [0.25, 0.3) is 0 Å². The number of allylic oxidation sites excluding steroid dienone is 13. The third-order valence-corrected chi connectivity index (χ3v) is 11.5. The Bertz CT molecular complexity index is 1260. The summed E-state index contributed by atoms with van der Waals surface area (Å²) in [5, 5.41) is 54.3. The SMILES string of the molecule is CC/C=C\C/C=C\C/C=C\C/C=C\C/C=C\C/C=C\CCCCCCCCCCC(=O)NC(COC1OC(CO)C(O)C(O)C1O)C(O)/C=C/CCCCCCCCCCCCC. The van der Waals surface area contributed by atoms with Crippen molar-refractivity contribution in [3.8, 4) is 0 Å². The van der Waals surface area contributed by atoms with Crippen molar-refractivity contribution in [2.75, 3.05) is 13.2 Å². The highest BCUT2D eigenvalue weighted by atomic mass is 16.7. The van der Waals surface area contributed by atoms with Gasteiger partial charge in [-0.15, -0.1) is 0 Å². The molecule has 63 heavy (non-hydrogen) atoms. The maximum atomic E-state index is 13.0. The quantitative estimate of drug-likeness (QED) is 0.0263. The van der Waals surface area contributed by atoms with Crippen molar-refractivity contribution in [2.24, 2.45) is 0 Å². The molecular weight excluding hydrogens is 791 g/mol. The van der Waals surface area contributed by atoms with Crippen LogP contribution in [0.25, 0.3) is 0 Å². The molecule has 9 nitrogen and oxygen atoms in total. The van der Waals surface area contributed by atoms with Crippen LogP contribution < -0.4 is 5.32 Å². The summed E-state index contributed by atoms with van der Waals surface area (Å²) >= 11 is 0. The number of hydrogen-bond donors (Lipinski definition) is 6. The van der Waals surface area contributed by atoms with Crippen LogP contribution >= 0.6 is 0 Å². The zero-order valence-electron chi connectivity index (χ0n) is 39.8. The van der Waals surface area contributed by atoms with Crippen LogP contribution in [0.1, 0.15) is 194 Å². The molecule has 0 aromatic heterocycles. The van der Waals surface area contributed by atoms with Crippen molar-refractivity contribution >= 4 is 5.91 Å². The number of hydrogen-bond acceptors (Lipinski definition) is 8. The van der Waals surface area contributed by atoms with Crippen molar-refractivity contribution in [1.82, 2.24) is 5.32 Å². The second kappa shape index (κ2) is 43.3. The predicted octanol–water partition coefficient (Wildman–Crippen LogP) is 11.5. The average molecular weight is 884 g/mol. The van der Waals surface area contributed by atoms with Crippen molar-refractivity contribution in [3.05, 3.63) is 85.1 Å². The second-order valence-corrected chi connectivity index (χ2v) is 17.2. The van der Waals surface area contributed by atoms with Crippen molar-refractivity contribution in [2.45, 2.75) is 236 Å². The fourth-order valence-electron chi connectivity index (χ4n) is 7.45. The Labute approximate surface area is 384 Å². The molecule has 0 aromatic carbocycles. The van der Waals surface area contributed by atoms with Gasteiger partial charge in [0, 0.05) is 6.42 Å². The molecule has 0 aromatic rings. The number of rotatable bonds is 41. The first-order chi connectivity index (χ1) is 30.8. The van der Waals surface area contributed by atoms with Crippen LogP contribution in [0, 0.1) is 0 Å². The molecule has 6 N–H and O–H groups in total. The van der Waals surface area contributed by atoms with Gasteiger partial charge in [0.15, 0.2) is 6.29 Å². The van der Waals surface area contributed by atoms with Crippen LogP contribution in [0.15, 0.2) is 85.1 Å². The van der Waals surface area contributed by atoms with Gasteiger partial charge in [-0.3, -0.25) is 4.79 Å². The highest BCUT2D eigenvalue weighted by Gasteiger charge is 2.44. The van der Waals surface area contributed by atoms with Gasteiger partial charge in [-0.1, -0.05) is 202 Å². The van der Waals surface area contributed by atoms with Gasteiger partial charge in [0.1, 0.15) is 24.4 Å². The summed E-state index contributed by atoms with van der Waals surface area (Å²) in [5.74, 6) is -0.190. The maximum Gasteiger partial charge on any atom is 0.220 e. The Hall–Kier alpha value is -2.63. The molecule has 9 heteroatoms. The summed E-state index contributed by atoms with van der Waals surface area (Å²) in [6, 6.07) is -0.814. The number of unbranched alkanes of at least 4 members (excludes halogenated alkanes) is 19. The second-order valence-electron chi connectivity index (χ2n) is 17.2. The van der Waals surface area contributed by atoms with E-state index in [9.17, 15) is 30.3 Å². The van der Waals surface area contributed by atoms with E-state index in [0.29, 0.717) is 6.42 Å². The number of aliphatic hydroxyl groups is 5. The van der Waals surface area contributed by atoms with Crippen LogP contribution in [0.5, 0.6) is 0 Å². The van der Waals surface area contributed by atoms with Crippen LogP contribution in [0.2, 0.25) is 0 Å². The molecule has 0 aliphatic carbocycles. The maximum absolute atomic E-state index is 13.0. The Morgan fingerprint density at radius 2 is 0.984 bits per heavy atom. The van der Waals surface area contributed by atoms with E-state index in [1.807, 2.05) is 6.08 Å². The lowest BCUT2D eigenvalue weighted by Crippen LogP contribution is -2.60. The van der Waals surface area contributed by atoms with Gasteiger partial charge in [0.2, 0.25) is 5.91 Å². The highest BCUT2D eigenvalue weighted by molar-refractivity contribution is 5.76. The van der Waals surface area contributed by atoms with E-state index in [1.165, 1.54) is 83.5 Å². The summed E-state index contributed by atoms with van der Waals surface area (Å²) in [4.78, 5) is 13.0. The number of aliphatic hydroxyl groups excluding tert-OH is 5. The minimum atomic E-state index is -1.57. The normalized spacial score (nSPS) is 20.9. The van der Waals surface area contributed by atoms with Crippen molar-refractivity contribution in [1.29, 1.82) is 0 Å². The monoisotopic (exact) mass is 884 g/mol. The van der Waals surface area contributed by atoms with Crippen LogP contribution in [0.3, 0.4) is 0 Å². The first kappa shape index (κ1) is 58.4. The minimum absolute atomic E-state index is 0.190. The fraction of sp³-hybridized carbons (Fsp3) is 0.722. The van der Waals surface area contributed by atoms with Crippen LogP contribution in [-0.4, -0.2) is 87.5 Å². The number of nitrogens with one attached hydrogen (secondary N) is 1. The summed E-state index contributed by atoms with van der Waals surface area (Å²) in [6.07, 6.45) is 53.4. The lowest BCUT2D eigenvalue weighted by Gasteiger charge is -2.40. The molecule has 0 saturated carbocycles. The van der Waals surface area contributed by atoms with E-state index in [1.54, 1.807) is 6.08 Å². The number of ether oxygens (including phenoxy) is 2. The van der Waals surface area contributed by atoms with Gasteiger partial charge >= 0.3 is 0 Å². The molecule has 1 amide bonds. The van der Waals surface area contributed by atoms with E-state index in [4.69, 9.17) is 9.47 Å². The van der Waals surface area contributed by atoms with E-state index >= 15 is 0 Å². The van der Waals surface area contributed by atoms with E-state index in [-0.39, 0.29) is 12.5 Å². The van der Waals surface area contributed by atoms with E-state index in [0.717, 1.165) is 89.9 Å². The average Bonchev–Trinajstić information content (AvgIpc) is 3.28. The molecule has 1 aliphatic rings. The molecule has 7 atom stereocenters. The van der Waals surface area contributed by atoms with Crippen LogP contribution in [-0.2, 0) is 14.3 Å². The topological polar surface area (TPSA) is 149 Å². The molecule has 1 heterocycles. The van der Waals surface area contributed by atoms with Gasteiger partial charge < -0.3 is 40.3 Å². The first-order valence-electron chi connectivity index (χ1n) is 25.3. The van der Waals surface area contributed by atoms with Crippen molar-refractivity contribution < 1.29 is 39.8 Å². The van der Waals surface area contributed by atoms with Gasteiger partial charge in [0.05, 0.1) is 25.4 Å². The minimum Gasteiger partial charge on any atom is -0.394 e. The lowest BCUT2D eigenvalue weighted by atomic mass is 9.99. The molecule has 1 aliphatic heterocycles. The van der Waals surface area contributed by atoms with Gasteiger partial charge in [-0.05, 0) is 70.6 Å². The smallest absolute Gasteiger partial charge is 0.220 e. The molecule has 0 spiro atoms. The summed E-state index contributed by atoms with van der Waals surface area (Å²) < 4.78 is 11.2. The Kier molecular flexibility index (Phi) is 40.1. The van der Waals surface area contributed by atoms with Crippen LogP contribution in [0.4, 0.5) is 0 Å². The molecule has 1 rings (SSSR count). The van der Waals surface area contributed by atoms with E-state index < -0.39 is 49.5 Å². The number of carbonyl (C=O) groups is 1.